The van der Waals surface area contributed by atoms with Gasteiger partial charge in [0, 0.05) is 33.2 Å². The third kappa shape index (κ3) is 5.09. The topological polar surface area (TPSA) is 69.7 Å². The third-order valence-electron chi connectivity index (χ3n) is 4.02. The number of hydrogen-bond acceptors (Lipinski definition) is 4. The van der Waals surface area contributed by atoms with Crippen molar-refractivity contribution in [2.45, 2.75) is 18.0 Å². The van der Waals surface area contributed by atoms with Crippen molar-refractivity contribution in [3.63, 3.8) is 0 Å². The Labute approximate surface area is 156 Å². The van der Waals surface area contributed by atoms with Gasteiger partial charge in [-0.2, -0.15) is 17.5 Å². The molecule has 0 saturated carbocycles. The number of piperazine rings is 1. The SMILES string of the molecule is Cc1cc(C(F)(F)F)ccc1S(=O)(=O)N(C)CC(=O)N1CCNCC1.Cl. The molecule has 148 valence electrons. The molecule has 0 atom stereocenters. The van der Waals surface area contributed by atoms with Crippen molar-refractivity contribution < 1.29 is 26.4 Å². The van der Waals surface area contributed by atoms with Gasteiger partial charge in [-0.15, -0.1) is 12.4 Å². The van der Waals surface area contributed by atoms with Gasteiger partial charge in [-0.05, 0) is 30.7 Å². The minimum absolute atomic E-state index is 0. The smallest absolute Gasteiger partial charge is 0.339 e. The second-order valence-electron chi connectivity index (χ2n) is 5.87. The van der Waals surface area contributed by atoms with Gasteiger partial charge in [0.1, 0.15) is 0 Å². The van der Waals surface area contributed by atoms with E-state index in [4.69, 9.17) is 0 Å². The summed E-state index contributed by atoms with van der Waals surface area (Å²) < 4.78 is 64.2. The van der Waals surface area contributed by atoms with E-state index in [2.05, 4.69) is 5.32 Å². The number of sulfonamides is 1. The maximum absolute atomic E-state index is 12.7. The first kappa shape index (κ1) is 22.7. The summed E-state index contributed by atoms with van der Waals surface area (Å²) in [5.41, 5.74) is -0.931. The first-order chi connectivity index (χ1) is 11.5. The molecule has 2 rings (SSSR count). The van der Waals surface area contributed by atoms with Crippen molar-refractivity contribution in [2.75, 3.05) is 39.8 Å². The van der Waals surface area contributed by atoms with Gasteiger partial charge < -0.3 is 10.2 Å². The highest BCUT2D eigenvalue weighted by Crippen LogP contribution is 2.31. The zero-order chi connectivity index (χ0) is 18.8. The average molecular weight is 416 g/mol. The fourth-order valence-electron chi connectivity index (χ4n) is 2.57. The van der Waals surface area contributed by atoms with Gasteiger partial charge in [0.2, 0.25) is 15.9 Å². The van der Waals surface area contributed by atoms with Gasteiger partial charge in [0.15, 0.2) is 0 Å². The molecule has 0 spiro atoms. The van der Waals surface area contributed by atoms with Crippen LogP contribution in [0.2, 0.25) is 0 Å². The fraction of sp³-hybridized carbons (Fsp3) is 0.533. The number of amides is 1. The molecule has 1 aliphatic heterocycles. The minimum Gasteiger partial charge on any atom is -0.339 e. The Hall–Kier alpha value is -1.36. The van der Waals surface area contributed by atoms with Gasteiger partial charge in [0.05, 0.1) is 17.0 Å². The molecule has 1 aromatic rings. The predicted molar refractivity (Wildman–Crippen MR) is 92.7 cm³/mol. The largest absolute Gasteiger partial charge is 0.416 e. The van der Waals surface area contributed by atoms with Gasteiger partial charge in [-0.25, -0.2) is 8.42 Å². The zero-order valence-electron chi connectivity index (χ0n) is 14.3. The Morgan fingerprint density at radius 3 is 2.35 bits per heavy atom. The first-order valence-corrected chi connectivity index (χ1v) is 9.10. The number of alkyl halides is 3. The Morgan fingerprint density at radius 1 is 1.27 bits per heavy atom. The van der Waals surface area contributed by atoms with Crippen LogP contribution in [0.5, 0.6) is 0 Å². The van der Waals surface area contributed by atoms with Crippen molar-refractivity contribution in [2.24, 2.45) is 0 Å². The molecular formula is C15H21ClF3N3O3S. The normalized spacial score (nSPS) is 15.7. The maximum Gasteiger partial charge on any atom is 0.416 e. The number of nitrogens with zero attached hydrogens (tertiary/aromatic N) is 2. The molecule has 0 aromatic heterocycles. The summed E-state index contributed by atoms with van der Waals surface area (Å²) in [6.07, 6.45) is -4.54. The van der Waals surface area contributed by atoms with Crippen LogP contribution < -0.4 is 5.32 Å². The van der Waals surface area contributed by atoms with Crippen LogP contribution in [0.4, 0.5) is 13.2 Å². The number of carbonyl (C=O) groups excluding carboxylic acids is 1. The Balaban J connectivity index is 0.00000338. The molecule has 1 amide bonds. The monoisotopic (exact) mass is 415 g/mol. The summed E-state index contributed by atoms with van der Waals surface area (Å²) in [5, 5.41) is 3.09. The van der Waals surface area contributed by atoms with Gasteiger partial charge in [-0.1, -0.05) is 0 Å². The van der Waals surface area contributed by atoms with Crippen molar-refractivity contribution in [1.82, 2.24) is 14.5 Å². The Kier molecular flexibility index (Phi) is 7.46. The number of likely N-dealkylation sites (N-methyl/N-ethyl adjacent to an activating group) is 1. The standard InChI is InChI=1S/C15H20F3N3O3S.ClH/c1-11-9-12(15(16,17)18)3-4-13(11)25(23,24)20(2)10-14(22)21-7-5-19-6-8-21;/h3-4,9,19H,5-8,10H2,1-2H3;1H. The van der Waals surface area contributed by atoms with Crippen LogP contribution in [0.1, 0.15) is 11.1 Å². The van der Waals surface area contributed by atoms with Crippen molar-refractivity contribution in [3.05, 3.63) is 29.3 Å². The number of nitrogens with one attached hydrogen (secondary N) is 1. The van der Waals surface area contributed by atoms with Crippen molar-refractivity contribution in [1.29, 1.82) is 0 Å². The molecule has 0 bridgehead atoms. The summed E-state index contributed by atoms with van der Waals surface area (Å²) in [6.45, 7) is 3.20. The Bertz CT molecular complexity index is 750. The molecule has 11 heteroatoms. The van der Waals surface area contributed by atoms with Crippen LogP contribution in [-0.4, -0.2) is 63.3 Å². The molecule has 0 unspecified atom stereocenters. The van der Waals surface area contributed by atoms with E-state index in [1.807, 2.05) is 0 Å². The van der Waals surface area contributed by atoms with Crippen LogP contribution in [0.25, 0.3) is 0 Å². The summed E-state index contributed by atoms with van der Waals surface area (Å²) in [7, 11) is -2.82. The van der Waals surface area contributed by atoms with E-state index in [-0.39, 0.29) is 35.3 Å². The molecule has 26 heavy (non-hydrogen) atoms. The number of hydrogen-bond donors (Lipinski definition) is 1. The second kappa shape index (κ2) is 8.55. The molecule has 1 aliphatic rings. The number of benzene rings is 1. The van der Waals surface area contributed by atoms with Crippen molar-refractivity contribution in [3.8, 4) is 0 Å². The minimum atomic E-state index is -4.54. The molecule has 1 N–H and O–H groups in total. The predicted octanol–water partition coefficient (Wildman–Crippen LogP) is 1.49. The molecule has 1 heterocycles. The highest BCUT2D eigenvalue weighted by Gasteiger charge is 2.33. The van der Waals surface area contributed by atoms with E-state index in [9.17, 15) is 26.4 Å². The van der Waals surface area contributed by atoms with Gasteiger partial charge in [0.25, 0.3) is 0 Å². The molecule has 1 saturated heterocycles. The fourth-order valence-corrected chi connectivity index (χ4v) is 3.89. The van der Waals surface area contributed by atoms with Crippen LogP contribution in [0.15, 0.2) is 23.1 Å². The van der Waals surface area contributed by atoms with E-state index >= 15 is 0 Å². The summed E-state index contributed by atoms with van der Waals surface area (Å²) >= 11 is 0. The van der Waals surface area contributed by atoms with E-state index in [1.54, 1.807) is 4.90 Å². The lowest BCUT2D eigenvalue weighted by Gasteiger charge is -2.29. The summed E-state index contributed by atoms with van der Waals surface area (Å²) in [5.74, 6) is -0.336. The van der Waals surface area contributed by atoms with Crippen LogP contribution in [0, 0.1) is 6.92 Å². The van der Waals surface area contributed by atoms with Gasteiger partial charge in [-0.3, -0.25) is 4.79 Å². The van der Waals surface area contributed by atoms with Crippen LogP contribution >= 0.6 is 12.4 Å². The highest BCUT2D eigenvalue weighted by molar-refractivity contribution is 7.89. The second-order valence-corrected chi connectivity index (χ2v) is 7.88. The lowest BCUT2D eigenvalue weighted by Crippen LogP contribution is -2.49. The van der Waals surface area contributed by atoms with Gasteiger partial charge >= 0.3 is 6.18 Å². The lowest BCUT2D eigenvalue weighted by atomic mass is 10.1. The quantitative estimate of drug-likeness (QED) is 0.809. The van der Waals surface area contributed by atoms with E-state index in [1.165, 1.54) is 14.0 Å². The molecule has 6 nitrogen and oxygen atoms in total. The van der Waals surface area contributed by atoms with E-state index in [0.29, 0.717) is 26.2 Å². The summed E-state index contributed by atoms with van der Waals surface area (Å²) in [6, 6.07) is 2.45. The maximum atomic E-state index is 12.7. The molecule has 1 aromatic carbocycles. The molecule has 0 aliphatic carbocycles. The molecular weight excluding hydrogens is 395 g/mol. The van der Waals surface area contributed by atoms with E-state index in [0.717, 1.165) is 22.5 Å². The number of halogens is 4. The van der Waals surface area contributed by atoms with Crippen LogP contribution in [-0.2, 0) is 21.0 Å². The first-order valence-electron chi connectivity index (χ1n) is 7.66. The zero-order valence-corrected chi connectivity index (χ0v) is 16.0. The van der Waals surface area contributed by atoms with Crippen molar-refractivity contribution >= 4 is 28.3 Å². The molecule has 1 fully saturated rings. The lowest BCUT2D eigenvalue weighted by molar-refractivity contribution is -0.137. The molecule has 0 radical (unpaired) electrons. The van der Waals surface area contributed by atoms with E-state index < -0.39 is 21.8 Å². The third-order valence-corrected chi connectivity index (χ3v) is 5.98. The Morgan fingerprint density at radius 2 is 1.85 bits per heavy atom. The number of rotatable bonds is 4. The summed E-state index contributed by atoms with van der Waals surface area (Å²) in [4.78, 5) is 13.5. The highest BCUT2D eigenvalue weighted by atomic mass is 35.5. The van der Waals surface area contributed by atoms with Crippen LogP contribution in [0.3, 0.4) is 0 Å². The average Bonchev–Trinajstić information content (AvgIpc) is 2.54. The number of aryl methyl sites for hydroxylation is 1. The number of carbonyl (C=O) groups is 1.